The lowest BCUT2D eigenvalue weighted by molar-refractivity contribution is -0.141. The molecular formula is C15H13BrF3N5O. The Balaban J connectivity index is 2.08. The molecule has 1 amide bonds. The fourth-order valence-electron chi connectivity index (χ4n) is 2.33. The van der Waals surface area contributed by atoms with Gasteiger partial charge in [0, 0.05) is 24.3 Å². The van der Waals surface area contributed by atoms with E-state index >= 15 is 0 Å². The average molecular weight is 416 g/mol. The number of carbonyl (C=O) groups excluding carboxylic acids is 1. The molecule has 0 saturated carbocycles. The summed E-state index contributed by atoms with van der Waals surface area (Å²) in [5.41, 5.74) is 0.0227. The fourth-order valence-corrected chi connectivity index (χ4v) is 2.82. The number of carbonyl (C=O) groups is 1. The lowest BCUT2D eigenvalue weighted by Gasteiger charge is -2.06. The van der Waals surface area contributed by atoms with E-state index in [1.807, 2.05) is 6.92 Å². The van der Waals surface area contributed by atoms with Gasteiger partial charge in [0.05, 0.1) is 10.2 Å². The van der Waals surface area contributed by atoms with Crippen LogP contribution in [-0.4, -0.2) is 32.2 Å². The molecule has 0 saturated heterocycles. The number of nitrogens with one attached hydrogen (secondary N) is 2. The van der Waals surface area contributed by atoms with Crippen LogP contribution in [0.4, 0.5) is 13.2 Å². The molecular weight excluding hydrogens is 403 g/mol. The summed E-state index contributed by atoms with van der Waals surface area (Å²) >= 11 is 3.28. The maximum absolute atomic E-state index is 12.8. The molecule has 0 radical (unpaired) electrons. The second kappa shape index (κ2) is 6.51. The third kappa shape index (κ3) is 3.39. The highest BCUT2D eigenvalue weighted by Gasteiger charge is 2.34. The minimum absolute atomic E-state index is 0.276. The Morgan fingerprint density at radius 1 is 1.44 bits per heavy atom. The molecule has 0 aliphatic heterocycles. The Morgan fingerprint density at radius 2 is 2.20 bits per heavy atom. The van der Waals surface area contributed by atoms with Crippen molar-refractivity contribution in [3.63, 3.8) is 0 Å². The molecule has 0 aliphatic rings. The quantitative estimate of drug-likeness (QED) is 0.682. The number of fused-ring (bicyclic) bond motifs is 1. The van der Waals surface area contributed by atoms with Crippen LogP contribution in [0.15, 0.2) is 29.0 Å². The summed E-state index contributed by atoms with van der Waals surface area (Å²) in [6.45, 7) is 2.45. The van der Waals surface area contributed by atoms with Crippen molar-refractivity contribution in [2.75, 3.05) is 6.54 Å². The molecule has 0 aliphatic carbocycles. The normalized spacial score (nSPS) is 11.9. The van der Waals surface area contributed by atoms with E-state index in [2.05, 4.69) is 36.3 Å². The minimum Gasteiger partial charge on any atom is -0.351 e. The summed E-state index contributed by atoms with van der Waals surface area (Å²) in [5, 5.41) is 6.79. The zero-order chi connectivity index (χ0) is 18.2. The van der Waals surface area contributed by atoms with Gasteiger partial charge in [0.2, 0.25) is 0 Å². The highest BCUT2D eigenvalue weighted by Crippen LogP contribution is 2.32. The third-order valence-electron chi connectivity index (χ3n) is 3.47. The van der Waals surface area contributed by atoms with Crippen LogP contribution in [0.2, 0.25) is 0 Å². The van der Waals surface area contributed by atoms with E-state index in [-0.39, 0.29) is 11.6 Å². The van der Waals surface area contributed by atoms with Gasteiger partial charge in [-0.25, -0.2) is 9.67 Å². The van der Waals surface area contributed by atoms with Crippen molar-refractivity contribution >= 4 is 32.9 Å². The number of pyridine rings is 1. The first-order chi connectivity index (χ1) is 11.8. The lowest BCUT2D eigenvalue weighted by Crippen LogP contribution is -2.24. The molecule has 132 valence electrons. The number of H-pyrrole nitrogens is 1. The first-order valence-electron chi connectivity index (χ1n) is 7.40. The standard InChI is InChI=1S/C15H13BrF3N5O/c1-2-4-20-14(25)10-6-8-12(9(16)7-21-13(8)22-10)24-5-3-11(23-24)15(17,18)19/h3,5-7H,2,4H2,1H3,(H,20,25)(H,21,22). The predicted molar refractivity (Wildman–Crippen MR) is 88.5 cm³/mol. The molecule has 0 spiro atoms. The molecule has 3 aromatic heterocycles. The number of amides is 1. The summed E-state index contributed by atoms with van der Waals surface area (Å²) in [7, 11) is 0. The number of aromatic amines is 1. The predicted octanol–water partition coefficient (Wildman–Crippen LogP) is 3.67. The zero-order valence-corrected chi connectivity index (χ0v) is 14.6. The second-order valence-electron chi connectivity index (χ2n) is 5.30. The van der Waals surface area contributed by atoms with Crippen molar-refractivity contribution < 1.29 is 18.0 Å². The molecule has 25 heavy (non-hydrogen) atoms. The molecule has 10 heteroatoms. The van der Waals surface area contributed by atoms with E-state index in [1.165, 1.54) is 12.4 Å². The molecule has 3 rings (SSSR count). The van der Waals surface area contributed by atoms with Gasteiger partial charge in [0.1, 0.15) is 11.3 Å². The van der Waals surface area contributed by atoms with Crippen molar-refractivity contribution in [1.82, 2.24) is 25.1 Å². The van der Waals surface area contributed by atoms with E-state index in [0.717, 1.165) is 17.2 Å². The maximum Gasteiger partial charge on any atom is 0.435 e. The zero-order valence-electron chi connectivity index (χ0n) is 13.0. The highest BCUT2D eigenvalue weighted by atomic mass is 79.9. The Labute approximate surface area is 148 Å². The number of halogens is 4. The van der Waals surface area contributed by atoms with Crippen LogP contribution < -0.4 is 5.32 Å². The van der Waals surface area contributed by atoms with Crippen molar-refractivity contribution in [2.45, 2.75) is 19.5 Å². The van der Waals surface area contributed by atoms with E-state index in [0.29, 0.717) is 27.7 Å². The smallest absolute Gasteiger partial charge is 0.351 e. The van der Waals surface area contributed by atoms with Crippen molar-refractivity contribution in [3.05, 3.63) is 40.4 Å². The minimum atomic E-state index is -4.53. The van der Waals surface area contributed by atoms with Crippen LogP contribution in [0.1, 0.15) is 29.5 Å². The molecule has 3 aromatic rings. The van der Waals surface area contributed by atoms with Gasteiger partial charge >= 0.3 is 6.18 Å². The summed E-state index contributed by atoms with van der Waals surface area (Å²) in [4.78, 5) is 19.1. The Morgan fingerprint density at radius 3 is 2.84 bits per heavy atom. The van der Waals surface area contributed by atoms with E-state index < -0.39 is 11.9 Å². The molecule has 0 bridgehead atoms. The molecule has 0 atom stereocenters. The van der Waals surface area contributed by atoms with Crippen molar-refractivity contribution in [3.8, 4) is 5.69 Å². The van der Waals surface area contributed by atoms with Gasteiger partial charge in [-0.2, -0.15) is 18.3 Å². The van der Waals surface area contributed by atoms with Crippen LogP contribution in [0.5, 0.6) is 0 Å². The van der Waals surface area contributed by atoms with Gasteiger partial charge in [-0.3, -0.25) is 4.79 Å². The Hall–Kier alpha value is -2.36. The largest absolute Gasteiger partial charge is 0.435 e. The van der Waals surface area contributed by atoms with Gasteiger partial charge in [-0.1, -0.05) is 6.92 Å². The highest BCUT2D eigenvalue weighted by molar-refractivity contribution is 9.10. The average Bonchev–Trinajstić information content (AvgIpc) is 3.18. The van der Waals surface area contributed by atoms with Crippen LogP contribution in [0.25, 0.3) is 16.7 Å². The van der Waals surface area contributed by atoms with Gasteiger partial charge in [0.15, 0.2) is 5.69 Å². The van der Waals surface area contributed by atoms with Crippen LogP contribution in [0, 0.1) is 0 Å². The summed E-state index contributed by atoms with van der Waals surface area (Å²) in [5.74, 6) is -0.307. The van der Waals surface area contributed by atoms with Gasteiger partial charge in [0.25, 0.3) is 5.91 Å². The van der Waals surface area contributed by atoms with Gasteiger partial charge in [-0.15, -0.1) is 0 Å². The second-order valence-corrected chi connectivity index (χ2v) is 6.15. The molecule has 0 aromatic carbocycles. The number of nitrogens with zero attached hydrogens (tertiary/aromatic N) is 3. The number of hydrogen-bond acceptors (Lipinski definition) is 3. The number of rotatable bonds is 4. The summed E-state index contributed by atoms with van der Waals surface area (Å²) in [6, 6.07) is 2.43. The summed E-state index contributed by atoms with van der Waals surface area (Å²) in [6.07, 6.45) is -1.09. The van der Waals surface area contributed by atoms with Crippen LogP contribution in [-0.2, 0) is 6.18 Å². The number of aromatic nitrogens is 4. The van der Waals surface area contributed by atoms with E-state index in [4.69, 9.17) is 0 Å². The first kappa shape index (κ1) is 17.5. The lowest BCUT2D eigenvalue weighted by atomic mass is 10.2. The van der Waals surface area contributed by atoms with Crippen molar-refractivity contribution in [1.29, 1.82) is 0 Å². The fraction of sp³-hybridized carbons (Fsp3) is 0.267. The molecule has 3 heterocycles. The first-order valence-corrected chi connectivity index (χ1v) is 8.19. The van der Waals surface area contributed by atoms with Crippen LogP contribution in [0.3, 0.4) is 0 Å². The molecule has 0 fully saturated rings. The molecule has 2 N–H and O–H groups in total. The topological polar surface area (TPSA) is 75.6 Å². The van der Waals surface area contributed by atoms with Gasteiger partial charge < -0.3 is 10.3 Å². The van der Waals surface area contributed by atoms with Gasteiger partial charge in [-0.05, 0) is 34.5 Å². The number of hydrogen-bond donors (Lipinski definition) is 2. The van der Waals surface area contributed by atoms with Crippen molar-refractivity contribution in [2.24, 2.45) is 0 Å². The molecule has 0 unspecified atom stereocenters. The monoisotopic (exact) mass is 415 g/mol. The molecule has 6 nitrogen and oxygen atoms in total. The maximum atomic E-state index is 12.8. The Bertz CT molecular complexity index is 931. The van der Waals surface area contributed by atoms with Crippen LogP contribution >= 0.6 is 15.9 Å². The SMILES string of the molecule is CCCNC(=O)c1cc2c(-n3ccc(C(F)(F)F)n3)c(Br)cnc2[nH]1. The van der Waals surface area contributed by atoms with E-state index in [9.17, 15) is 18.0 Å². The Kier molecular flexibility index (Phi) is 4.55. The third-order valence-corrected chi connectivity index (χ3v) is 4.05. The van der Waals surface area contributed by atoms with E-state index in [1.54, 1.807) is 6.07 Å². The number of alkyl halides is 3. The summed E-state index contributed by atoms with van der Waals surface area (Å²) < 4.78 is 40.0.